The fraction of sp³-hybridized carbons (Fsp3) is 0.200. The summed E-state index contributed by atoms with van der Waals surface area (Å²) in [6.45, 7) is -0.246. The van der Waals surface area contributed by atoms with Gasteiger partial charge in [0.05, 0.1) is 19.5 Å². The van der Waals surface area contributed by atoms with Crippen molar-refractivity contribution in [3.8, 4) is 0 Å². The molecule has 26 heavy (non-hydrogen) atoms. The summed E-state index contributed by atoms with van der Waals surface area (Å²) in [6.07, 6.45) is 3.75. The third kappa shape index (κ3) is 7.79. The molecule has 0 radical (unpaired) electrons. The smallest absolute Gasteiger partial charge is 0.267 e. The first-order valence-electron chi connectivity index (χ1n) is 7.07. The van der Waals surface area contributed by atoms with E-state index in [1.165, 1.54) is 30.6 Å². The van der Waals surface area contributed by atoms with Crippen LogP contribution in [0.15, 0.2) is 36.7 Å². The molecular formula is C15H18N4O6S. The van der Waals surface area contributed by atoms with Crippen molar-refractivity contribution in [3.63, 3.8) is 0 Å². The summed E-state index contributed by atoms with van der Waals surface area (Å²) < 4.78 is 25.9. The van der Waals surface area contributed by atoms with Crippen LogP contribution in [0.1, 0.15) is 32.1 Å². The quantitative estimate of drug-likeness (QED) is 0.551. The summed E-state index contributed by atoms with van der Waals surface area (Å²) in [5.41, 5.74) is 11.4. The predicted molar refractivity (Wildman–Crippen MR) is 91.1 cm³/mol. The van der Waals surface area contributed by atoms with E-state index in [4.69, 9.17) is 16.6 Å². The first-order chi connectivity index (χ1) is 12.1. The Morgan fingerprint density at radius 3 is 1.92 bits per heavy atom. The number of aromatic nitrogens is 2. The first-order valence-corrected chi connectivity index (χ1v) is 8.88. The zero-order chi connectivity index (χ0) is 19.7. The molecule has 0 aliphatic heterocycles. The number of pyridine rings is 2. The molecule has 0 aliphatic rings. The van der Waals surface area contributed by atoms with Gasteiger partial charge in [0.15, 0.2) is 0 Å². The lowest BCUT2D eigenvalue weighted by atomic mass is 10.2. The van der Waals surface area contributed by atoms with Crippen LogP contribution in [-0.2, 0) is 27.5 Å². The van der Waals surface area contributed by atoms with E-state index in [2.05, 4.69) is 14.2 Å². The lowest BCUT2D eigenvalue weighted by Gasteiger charge is -2.02. The van der Waals surface area contributed by atoms with Crippen LogP contribution >= 0.6 is 0 Å². The number of carbonyl (C=O) groups excluding carboxylic acids is 2. The average molecular weight is 382 g/mol. The van der Waals surface area contributed by atoms with Gasteiger partial charge in [0.1, 0.15) is 11.4 Å². The normalized spacial score (nSPS) is 10.5. The second-order valence-electron chi connectivity index (χ2n) is 4.95. The maximum absolute atomic E-state index is 10.8. The number of nitrogens with zero attached hydrogens (tertiary/aromatic N) is 2. The van der Waals surface area contributed by atoms with Gasteiger partial charge >= 0.3 is 0 Å². The molecule has 0 aliphatic carbocycles. The highest BCUT2D eigenvalue weighted by molar-refractivity contribution is 7.85. The van der Waals surface area contributed by atoms with Crippen molar-refractivity contribution in [2.45, 2.75) is 13.2 Å². The number of aliphatic hydroxyl groups is 1. The van der Waals surface area contributed by atoms with Crippen molar-refractivity contribution in [2.75, 3.05) is 6.26 Å². The molecule has 2 aromatic rings. The zero-order valence-electron chi connectivity index (χ0n) is 13.8. The third-order valence-corrected chi connectivity index (χ3v) is 3.32. The van der Waals surface area contributed by atoms with Gasteiger partial charge in [-0.15, -0.1) is 0 Å². The summed E-state index contributed by atoms with van der Waals surface area (Å²) >= 11 is 0. The van der Waals surface area contributed by atoms with Crippen molar-refractivity contribution >= 4 is 21.9 Å². The van der Waals surface area contributed by atoms with Crippen molar-refractivity contribution < 1.29 is 27.3 Å². The second-order valence-corrected chi connectivity index (χ2v) is 6.60. The molecule has 0 bridgehead atoms. The molecule has 5 N–H and O–H groups in total. The SMILES string of the molecule is CS(=O)(=O)OCc1ccnc(C(N)=O)c1.NC(=O)c1cc(CO)ccn1. The summed E-state index contributed by atoms with van der Waals surface area (Å²) in [5.74, 6) is -1.25. The van der Waals surface area contributed by atoms with Crippen molar-refractivity contribution in [1.29, 1.82) is 0 Å². The maximum atomic E-state index is 10.8. The average Bonchev–Trinajstić information content (AvgIpc) is 2.60. The molecule has 0 fully saturated rings. The largest absolute Gasteiger partial charge is 0.392 e. The summed E-state index contributed by atoms with van der Waals surface area (Å²) in [7, 11) is -3.49. The molecule has 140 valence electrons. The number of amides is 2. The number of aliphatic hydroxyl groups excluding tert-OH is 1. The number of hydrogen-bond donors (Lipinski definition) is 3. The lowest BCUT2D eigenvalue weighted by molar-refractivity contribution is 0.0987. The van der Waals surface area contributed by atoms with Gasteiger partial charge in [-0.2, -0.15) is 8.42 Å². The minimum Gasteiger partial charge on any atom is -0.392 e. The van der Waals surface area contributed by atoms with Gasteiger partial charge in [0.25, 0.3) is 21.9 Å². The Balaban J connectivity index is 0.000000273. The van der Waals surface area contributed by atoms with Crippen molar-refractivity contribution in [1.82, 2.24) is 9.97 Å². The highest BCUT2D eigenvalue weighted by Gasteiger charge is 2.06. The summed E-state index contributed by atoms with van der Waals surface area (Å²) in [6, 6.07) is 6.00. The molecule has 2 rings (SSSR count). The molecule has 0 atom stereocenters. The Bertz CT molecular complexity index is 885. The molecule has 0 aromatic carbocycles. The number of nitrogens with two attached hydrogens (primary N) is 2. The van der Waals surface area contributed by atoms with Crippen LogP contribution in [0.25, 0.3) is 0 Å². The molecule has 0 saturated heterocycles. The first kappa shape index (κ1) is 21.2. The van der Waals surface area contributed by atoms with Crippen LogP contribution in [-0.4, -0.2) is 41.6 Å². The zero-order valence-corrected chi connectivity index (χ0v) is 14.6. The van der Waals surface area contributed by atoms with Crippen LogP contribution < -0.4 is 11.5 Å². The molecule has 0 spiro atoms. The molecule has 10 nitrogen and oxygen atoms in total. The van der Waals surface area contributed by atoms with E-state index < -0.39 is 21.9 Å². The second kappa shape index (κ2) is 9.56. The fourth-order valence-electron chi connectivity index (χ4n) is 1.58. The Morgan fingerprint density at radius 2 is 1.50 bits per heavy atom. The van der Waals surface area contributed by atoms with Gasteiger partial charge in [0.2, 0.25) is 0 Å². The Morgan fingerprint density at radius 1 is 1.04 bits per heavy atom. The van der Waals surface area contributed by atoms with Crippen LogP contribution in [0.2, 0.25) is 0 Å². The van der Waals surface area contributed by atoms with E-state index in [-0.39, 0.29) is 24.6 Å². The number of primary amides is 2. The van der Waals surface area contributed by atoms with E-state index in [0.29, 0.717) is 11.1 Å². The fourth-order valence-corrected chi connectivity index (χ4v) is 1.93. The standard InChI is InChI=1S/C8H10N2O4S.C7H8N2O2/c1-15(12,13)14-5-6-2-3-10-7(4-6)8(9)11;8-7(11)6-3-5(4-10)1-2-9-6/h2-4H,5H2,1H3,(H2,9,11);1-3,10H,4H2,(H2,8,11). The monoisotopic (exact) mass is 382 g/mol. The minimum absolute atomic E-state index is 0.0737. The van der Waals surface area contributed by atoms with Gasteiger partial charge in [-0.25, -0.2) is 0 Å². The van der Waals surface area contributed by atoms with Crippen LogP contribution in [0.5, 0.6) is 0 Å². The van der Waals surface area contributed by atoms with E-state index >= 15 is 0 Å². The van der Waals surface area contributed by atoms with Gasteiger partial charge in [-0.05, 0) is 35.4 Å². The van der Waals surface area contributed by atoms with Crippen molar-refractivity contribution in [3.05, 3.63) is 59.2 Å². The van der Waals surface area contributed by atoms with Gasteiger partial charge < -0.3 is 16.6 Å². The predicted octanol–water partition coefficient (Wildman–Crippen LogP) is -0.670. The molecular weight excluding hydrogens is 364 g/mol. The Kier molecular flexibility index (Phi) is 7.77. The lowest BCUT2D eigenvalue weighted by Crippen LogP contribution is -2.13. The van der Waals surface area contributed by atoms with Crippen LogP contribution in [0, 0.1) is 0 Å². The van der Waals surface area contributed by atoms with Crippen molar-refractivity contribution in [2.24, 2.45) is 11.5 Å². The third-order valence-electron chi connectivity index (χ3n) is 2.78. The highest BCUT2D eigenvalue weighted by atomic mass is 32.2. The van der Waals surface area contributed by atoms with Gasteiger partial charge in [0, 0.05) is 12.4 Å². The number of carbonyl (C=O) groups is 2. The molecule has 11 heteroatoms. The summed E-state index contributed by atoms with van der Waals surface area (Å²) in [4.78, 5) is 28.7. The molecule has 0 unspecified atom stereocenters. The molecule has 2 aromatic heterocycles. The minimum atomic E-state index is -3.49. The van der Waals surface area contributed by atoms with Gasteiger partial charge in [-0.1, -0.05) is 0 Å². The molecule has 2 heterocycles. The topological polar surface area (TPSA) is 176 Å². The summed E-state index contributed by atoms with van der Waals surface area (Å²) in [5, 5.41) is 8.66. The Labute approximate surface area is 150 Å². The van der Waals surface area contributed by atoms with E-state index in [1.807, 2.05) is 0 Å². The maximum Gasteiger partial charge on any atom is 0.267 e. The number of rotatable bonds is 6. The van der Waals surface area contributed by atoms with Crippen LogP contribution in [0.4, 0.5) is 0 Å². The molecule has 2 amide bonds. The van der Waals surface area contributed by atoms with E-state index in [0.717, 1.165) is 6.26 Å². The Hall–Kier alpha value is -2.89. The van der Waals surface area contributed by atoms with E-state index in [9.17, 15) is 18.0 Å². The van der Waals surface area contributed by atoms with E-state index in [1.54, 1.807) is 6.07 Å². The van der Waals surface area contributed by atoms with Gasteiger partial charge in [-0.3, -0.25) is 23.7 Å². The highest BCUT2D eigenvalue weighted by Crippen LogP contribution is 2.05. The number of hydrogen-bond acceptors (Lipinski definition) is 8. The molecule has 0 saturated carbocycles. The van der Waals surface area contributed by atoms with Crippen LogP contribution in [0.3, 0.4) is 0 Å².